The van der Waals surface area contributed by atoms with Crippen LogP contribution in [0.25, 0.3) is 0 Å². The van der Waals surface area contributed by atoms with Gasteiger partial charge in [0.2, 0.25) is 0 Å². The van der Waals surface area contributed by atoms with Crippen LogP contribution in [0.2, 0.25) is 0 Å². The first-order valence-corrected chi connectivity index (χ1v) is 9.82. The van der Waals surface area contributed by atoms with E-state index < -0.39 is 0 Å². The average molecular weight is 379 g/mol. The van der Waals surface area contributed by atoms with Crippen LogP contribution in [0.3, 0.4) is 0 Å². The van der Waals surface area contributed by atoms with Crippen LogP contribution in [0, 0.1) is 0 Å². The Labute approximate surface area is 163 Å². The number of carbonyl (C=O) groups excluding carboxylic acids is 1. The highest BCUT2D eigenvalue weighted by molar-refractivity contribution is 7.10. The van der Waals surface area contributed by atoms with Crippen molar-refractivity contribution in [1.29, 1.82) is 0 Å². The first-order chi connectivity index (χ1) is 13.3. The number of ether oxygens (including phenoxy) is 2. The fourth-order valence-electron chi connectivity index (χ4n) is 3.48. The summed E-state index contributed by atoms with van der Waals surface area (Å²) in [6.45, 7) is 0.729. The minimum absolute atomic E-state index is 0.00322. The lowest BCUT2D eigenvalue weighted by atomic mass is 9.93. The summed E-state index contributed by atoms with van der Waals surface area (Å²) in [4.78, 5) is 16.3. The van der Waals surface area contributed by atoms with E-state index in [0.717, 1.165) is 17.7 Å². The summed E-state index contributed by atoms with van der Waals surface area (Å²) in [6.07, 6.45) is 0.893. The molecule has 5 heteroatoms. The Kier molecular flexibility index (Phi) is 5.12. The monoisotopic (exact) mass is 379 g/mol. The van der Waals surface area contributed by atoms with Crippen LogP contribution in [-0.2, 0) is 11.2 Å². The molecule has 0 fully saturated rings. The molecule has 138 valence electrons. The summed E-state index contributed by atoms with van der Waals surface area (Å²) in [5.74, 6) is 1.42. The van der Waals surface area contributed by atoms with Crippen molar-refractivity contribution < 1.29 is 14.3 Å². The van der Waals surface area contributed by atoms with E-state index in [1.165, 1.54) is 10.4 Å². The first-order valence-electron chi connectivity index (χ1n) is 8.94. The normalized spacial score (nSPS) is 15.9. The van der Waals surface area contributed by atoms with E-state index >= 15 is 0 Å². The van der Waals surface area contributed by atoms with Crippen LogP contribution in [0.1, 0.15) is 22.0 Å². The van der Waals surface area contributed by atoms with Crippen LogP contribution in [0.4, 0.5) is 0 Å². The van der Waals surface area contributed by atoms with Crippen molar-refractivity contribution in [2.45, 2.75) is 12.5 Å². The summed E-state index contributed by atoms with van der Waals surface area (Å²) in [5, 5.41) is 2.11. The van der Waals surface area contributed by atoms with Gasteiger partial charge in [0.15, 0.2) is 6.61 Å². The lowest BCUT2D eigenvalue weighted by Crippen LogP contribution is -2.42. The molecule has 0 radical (unpaired) electrons. The third-order valence-electron chi connectivity index (χ3n) is 4.82. The van der Waals surface area contributed by atoms with Gasteiger partial charge in [0, 0.05) is 11.4 Å². The predicted molar refractivity (Wildman–Crippen MR) is 107 cm³/mol. The lowest BCUT2D eigenvalue weighted by molar-refractivity contribution is -0.135. The number of nitrogens with zero attached hydrogens (tertiary/aromatic N) is 1. The number of fused-ring (bicyclic) bond motifs is 1. The summed E-state index contributed by atoms with van der Waals surface area (Å²) < 4.78 is 10.9. The van der Waals surface area contributed by atoms with Crippen LogP contribution in [-0.4, -0.2) is 31.1 Å². The molecule has 3 aromatic rings. The Morgan fingerprint density at radius 3 is 2.56 bits per heavy atom. The van der Waals surface area contributed by atoms with Crippen molar-refractivity contribution in [1.82, 2.24) is 4.90 Å². The molecule has 2 heterocycles. The van der Waals surface area contributed by atoms with E-state index in [-0.39, 0.29) is 18.6 Å². The maximum Gasteiger partial charge on any atom is 0.261 e. The molecule has 1 aromatic heterocycles. The fourth-order valence-corrected chi connectivity index (χ4v) is 4.38. The molecule has 0 aliphatic carbocycles. The maximum atomic E-state index is 13.0. The van der Waals surface area contributed by atoms with Crippen molar-refractivity contribution in [3.8, 4) is 11.5 Å². The SMILES string of the molecule is COc1ccc(OCC(=O)N2CCc3sccc3C2c2ccccc2)cc1. The summed E-state index contributed by atoms with van der Waals surface area (Å²) >= 11 is 1.77. The quantitative estimate of drug-likeness (QED) is 0.663. The second-order valence-electron chi connectivity index (χ2n) is 6.41. The lowest BCUT2D eigenvalue weighted by Gasteiger charge is -2.36. The zero-order valence-electron chi connectivity index (χ0n) is 15.1. The average Bonchev–Trinajstić information content (AvgIpc) is 3.21. The Balaban J connectivity index is 1.53. The molecular weight excluding hydrogens is 358 g/mol. The zero-order valence-corrected chi connectivity index (χ0v) is 15.9. The highest BCUT2D eigenvalue weighted by Crippen LogP contribution is 2.37. The number of benzene rings is 2. The minimum atomic E-state index is -0.0480. The molecule has 0 saturated carbocycles. The Bertz CT molecular complexity index is 905. The van der Waals surface area contributed by atoms with Gasteiger partial charge in [0.1, 0.15) is 11.5 Å². The van der Waals surface area contributed by atoms with Gasteiger partial charge in [-0.15, -0.1) is 11.3 Å². The van der Waals surface area contributed by atoms with Gasteiger partial charge in [-0.1, -0.05) is 30.3 Å². The fraction of sp³-hybridized carbons (Fsp3) is 0.227. The first kappa shape index (κ1) is 17.6. The van der Waals surface area contributed by atoms with Gasteiger partial charge in [-0.05, 0) is 53.3 Å². The second-order valence-corrected chi connectivity index (χ2v) is 7.41. The van der Waals surface area contributed by atoms with Crippen molar-refractivity contribution in [2.75, 3.05) is 20.3 Å². The third-order valence-corrected chi connectivity index (χ3v) is 5.82. The Hall–Kier alpha value is -2.79. The van der Waals surface area contributed by atoms with Gasteiger partial charge in [-0.2, -0.15) is 0 Å². The molecule has 0 saturated heterocycles. The molecule has 1 atom stereocenters. The molecule has 1 unspecified atom stereocenters. The van der Waals surface area contributed by atoms with E-state index in [9.17, 15) is 4.79 Å². The maximum absolute atomic E-state index is 13.0. The summed E-state index contributed by atoms with van der Waals surface area (Å²) in [7, 11) is 1.62. The highest BCUT2D eigenvalue weighted by Gasteiger charge is 2.32. The minimum Gasteiger partial charge on any atom is -0.497 e. The molecular formula is C22H21NO3S. The van der Waals surface area contributed by atoms with Crippen molar-refractivity contribution in [2.24, 2.45) is 0 Å². The predicted octanol–water partition coefficient (Wildman–Crippen LogP) is 4.31. The molecule has 0 spiro atoms. The van der Waals surface area contributed by atoms with Crippen LogP contribution < -0.4 is 9.47 Å². The molecule has 2 aromatic carbocycles. The molecule has 0 N–H and O–H groups in total. The molecule has 1 amide bonds. The Morgan fingerprint density at radius 1 is 1.07 bits per heavy atom. The number of carbonyl (C=O) groups is 1. The number of hydrogen-bond donors (Lipinski definition) is 0. The van der Waals surface area contributed by atoms with Crippen molar-refractivity contribution in [3.63, 3.8) is 0 Å². The van der Waals surface area contributed by atoms with Gasteiger partial charge in [-0.25, -0.2) is 0 Å². The molecule has 4 nitrogen and oxygen atoms in total. The molecule has 1 aliphatic rings. The van der Waals surface area contributed by atoms with Gasteiger partial charge in [0.05, 0.1) is 13.2 Å². The van der Waals surface area contributed by atoms with Crippen molar-refractivity contribution in [3.05, 3.63) is 82.0 Å². The number of thiophene rings is 1. The number of methoxy groups -OCH3 is 1. The molecule has 4 rings (SSSR count). The molecule has 1 aliphatic heterocycles. The van der Waals surface area contributed by atoms with Gasteiger partial charge < -0.3 is 14.4 Å². The Morgan fingerprint density at radius 2 is 1.81 bits per heavy atom. The van der Waals surface area contributed by atoms with E-state index in [2.05, 4.69) is 23.6 Å². The van der Waals surface area contributed by atoms with Gasteiger partial charge in [-0.3, -0.25) is 4.79 Å². The standard InChI is InChI=1S/C22H21NO3S/c1-25-17-7-9-18(10-8-17)26-15-21(24)23-13-11-20-19(12-14-27-20)22(23)16-5-3-2-4-6-16/h2-10,12,14,22H,11,13,15H2,1H3. The zero-order chi connectivity index (χ0) is 18.6. The largest absolute Gasteiger partial charge is 0.497 e. The topological polar surface area (TPSA) is 38.8 Å². The third kappa shape index (κ3) is 3.69. The van der Waals surface area contributed by atoms with E-state index in [1.54, 1.807) is 18.4 Å². The van der Waals surface area contributed by atoms with Crippen LogP contribution >= 0.6 is 11.3 Å². The molecule has 27 heavy (non-hydrogen) atoms. The number of amides is 1. The van der Waals surface area contributed by atoms with Gasteiger partial charge in [0.25, 0.3) is 5.91 Å². The van der Waals surface area contributed by atoms with Crippen LogP contribution in [0.5, 0.6) is 11.5 Å². The van der Waals surface area contributed by atoms with E-state index in [4.69, 9.17) is 9.47 Å². The number of hydrogen-bond acceptors (Lipinski definition) is 4. The molecule has 0 bridgehead atoms. The highest BCUT2D eigenvalue weighted by atomic mass is 32.1. The van der Waals surface area contributed by atoms with E-state index in [0.29, 0.717) is 12.3 Å². The summed E-state index contributed by atoms with van der Waals surface area (Å²) in [6, 6.07) is 19.6. The second kappa shape index (κ2) is 7.84. The smallest absolute Gasteiger partial charge is 0.261 e. The van der Waals surface area contributed by atoms with E-state index in [1.807, 2.05) is 47.4 Å². The number of rotatable bonds is 5. The van der Waals surface area contributed by atoms with Gasteiger partial charge >= 0.3 is 0 Å². The van der Waals surface area contributed by atoms with Crippen LogP contribution in [0.15, 0.2) is 66.0 Å². The van der Waals surface area contributed by atoms with Crippen molar-refractivity contribution >= 4 is 17.2 Å². The summed E-state index contributed by atoms with van der Waals surface area (Å²) in [5.41, 5.74) is 2.37.